The van der Waals surface area contributed by atoms with E-state index >= 15 is 0 Å². The van der Waals surface area contributed by atoms with Crippen LogP contribution >= 0.6 is 0 Å². The van der Waals surface area contributed by atoms with Crippen LogP contribution in [0.5, 0.6) is 5.75 Å². The van der Waals surface area contributed by atoms with Gasteiger partial charge in [0.2, 0.25) is 0 Å². The van der Waals surface area contributed by atoms with Gasteiger partial charge < -0.3 is 14.4 Å². The van der Waals surface area contributed by atoms with Crippen LogP contribution in [0.25, 0.3) is 0 Å². The van der Waals surface area contributed by atoms with Crippen molar-refractivity contribution in [1.29, 1.82) is 0 Å². The second-order valence-corrected chi connectivity index (χ2v) is 6.68. The normalized spacial score (nSPS) is 17.9. The molecule has 1 aromatic carbocycles. The van der Waals surface area contributed by atoms with E-state index in [1.807, 2.05) is 11.0 Å². The molecule has 24 heavy (non-hydrogen) atoms. The molecule has 2 heterocycles. The molecule has 1 saturated heterocycles. The maximum atomic E-state index is 12.3. The minimum absolute atomic E-state index is 0.0313. The number of benzene rings is 1. The first kappa shape index (κ1) is 15.3. The van der Waals surface area contributed by atoms with Gasteiger partial charge in [0.15, 0.2) is 0 Å². The van der Waals surface area contributed by atoms with Crippen LogP contribution in [0.15, 0.2) is 35.1 Å². The number of piperazine rings is 1. The number of fused-ring (bicyclic) bond motifs is 1. The van der Waals surface area contributed by atoms with Crippen molar-refractivity contribution in [3.8, 4) is 5.75 Å². The van der Waals surface area contributed by atoms with Crippen LogP contribution in [0.2, 0.25) is 0 Å². The van der Waals surface area contributed by atoms with Crippen molar-refractivity contribution in [2.75, 3.05) is 26.2 Å². The van der Waals surface area contributed by atoms with Crippen molar-refractivity contribution < 1.29 is 14.3 Å². The Morgan fingerprint density at radius 3 is 2.58 bits per heavy atom. The van der Waals surface area contributed by atoms with E-state index in [1.165, 1.54) is 30.1 Å². The van der Waals surface area contributed by atoms with E-state index in [-0.39, 0.29) is 5.91 Å². The van der Waals surface area contributed by atoms with Crippen LogP contribution in [-0.2, 0) is 19.4 Å². The van der Waals surface area contributed by atoms with Crippen molar-refractivity contribution in [2.24, 2.45) is 0 Å². The lowest BCUT2D eigenvalue weighted by Crippen LogP contribution is -2.48. The third kappa shape index (κ3) is 2.91. The molecule has 5 heteroatoms. The number of furan rings is 1. The fraction of sp³-hybridized carbons (Fsp3) is 0.421. The molecule has 2 aliphatic rings. The third-order valence-corrected chi connectivity index (χ3v) is 5.11. The molecule has 5 nitrogen and oxygen atoms in total. The summed E-state index contributed by atoms with van der Waals surface area (Å²) in [5.41, 5.74) is 4.30. The molecule has 0 unspecified atom stereocenters. The second-order valence-electron chi connectivity index (χ2n) is 6.68. The lowest BCUT2D eigenvalue weighted by Gasteiger charge is -2.34. The number of rotatable bonds is 3. The summed E-state index contributed by atoms with van der Waals surface area (Å²) < 4.78 is 4.99. The molecule has 1 aliphatic heterocycles. The lowest BCUT2D eigenvalue weighted by molar-refractivity contribution is 0.0626. The molecule has 1 N–H and O–H groups in total. The average molecular weight is 326 g/mol. The maximum absolute atomic E-state index is 12.3. The van der Waals surface area contributed by atoms with Crippen LogP contribution in [0.1, 0.15) is 33.5 Å². The summed E-state index contributed by atoms with van der Waals surface area (Å²) in [6.07, 6.45) is 6.41. The molecular formula is C19H22N2O3. The molecule has 0 saturated carbocycles. The number of aryl methyl sites for hydroxylation is 2. The zero-order valence-electron chi connectivity index (χ0n) is 13.7. The minimum atomic E-state index is 0.0313. The summed E-state index contributed by atoms with van der Waals surface area (Å²) in [6, 6.07) is 5.81. The first-order valence-electron chi connectivity index (χ1n) is 8.58. The van der Waals surface area contributed by atoms with Crippen molar-refractivity contribution >= 4 is 5.91 Å². The highest BCUT2D eigenvalue weighted by Gasteiger charge is 2.24. The summed E-state index contributed by atoms with van der Waals surface area (Å²) in [4.78, 5) is 16.5. The Balaban J connectivity index is 1.38. The van der Waals surface area contributed by atoms with Gasteiger partial charge in [-0.25, -0.2) is 0 Å². The molecule has 4 rings (SSSR count). The van der Waals surface area contributed by atoms with Gasteiger partial charge in [0.1, 0.15) is 12.0 Å². The van der Waals surface area contributed by atoms with E-state index in [4.69, 9.17) is 4.42 Å². The zero-order valence-corrected chi connectivity index (χ0v) is 13.7. The Morgan fingerprint density at radius 2 is 1.88 bits per heavy atom. The van der Waals surface area contributed by atoms with Gasteiger partial charge in [-0.3, -0.25) is 9.69 Å². The van der Waals surface area contributed by atoms with Crippen molar-refractivity contribution in [1.82, 2.24) is 9.80 Å². The molecule has 0 atom stereocenters. The smallest absolute Gasteiger partial charge is 0.257 e. The monoisotopic (exact) mass is 326 g/mol. The number of amides is 1. The summed E-state index contributed by atoms with van der Waals surface area (Å²) in [7, 11) is 0. The number of hydrogen-bond donors (Lipinski definition) is 1. The van der Waals surface area contributed by atoms with Crippen molar-refractivity contribution in [3.63, 3.8) is 0 Å². The Hall–Kier alpha value is -2.27. The number of nitrogens with zero attached hydrogens (tertiary/aromatic N) is 2. The molecule has 126 valence electrons. The predicted octanol–water partition coefficient (Wildman–Crippen LogP) is 2.43. The third-order valence-electron chi connectivity index (χ3n) is 5.11. The highest BCUT2D eigenvalue weighted by Crippen LogP contribution is 2.30. The molecule has 1 fully saturated rings. The number of carbonyl (C=O) groups is 1. The average Bonchev–Trinajstić information content (AvgIpc) is 3.26. The SMILES string of the molecule is O=C(c1ccoc1)N1CCN(Cc2cc3c(cc2O)CCC3)CC1. The van der Waals surface area contributed by atoms with E-state index in [9.17, 15) is 9.90 Å². The molecule has 1 aliphatic carbocycles. The van der Waals surface area contributed by atoms with Gasteiger partial charge in [0.05, 0.1) is 11.8 Å². The summed E-state index contributed by atoms with van der Waals surface area (Å²) in [5.74, 6) is 0.441. The van der Waals surface area contributed by atoms with Gasteiger partial charge in [0.25, 0.3) is 5.91 Å². The fourth-order valence-corrected chi connectivity index (χ4v) is 3.71. The summed E-state index contributed by atoms with van der Waals surface area (Å²) >= 11 is 0. The largest absolute Gasteiger partial charge is 0.508 e. The van der Waals surface area contributed by atoms with Gasteiger partial charge in [0, 0.05) is 38.3 Å². The molecule has 0 bridgehead atoms. The van der Waals surface area contributed by atoms with E-state index in [0.717, 1.165) is 38.0 Å². The summed E-state index contributed by atoms with van der Waals surface area (Å²) in [6.45, 7) is 3.79. The number of hydrogen-bond acceptors (Lipinski definition) is 4. The quantitative estimate of drug-likeness (QED) is 0.941. The zero-order chi connectivity index (χ0) is 16.5. The van der Waals surface area contributed by atoms with E-state index in [1.54, 1.807) is 6.07 Å². The van der Waals surface area contributed by atoms with Crippen LogP contribution in [-0.4, -0.2) is 47.0 Å². The molecule has 1 aromatic heterocycles. The summed E-state index contributed by atoms with van der Waals surface area (Å²) in [5, 5.41) is 10.3. The van der Waals surface area contributed by atoms with Gasteiger partial charge in [-0.1, -0.05) is 6.07 Å². The molecule has 0 spiro atoms. The van der Waals surface area contributed by atoms with Crippen LogP contribution in [0.3, 0.4) is 0 Å². The van der Waals surface area contributed by atoms with Gasteiger partial charge >= 0.3 is 0 Å². The van der Waals surface area contributed by atoms with E-state index in [0.29, 0.717) is 24.4 Å². The standard InChI is InChI=1S/C19H22N2O3/c22-18-11-15-3-1-2-14(15)10-17(18)12-20-5-7-21(8-6-20)19(23)16-4-9-24-13-16/h4,9-11,13,22H,1-3,5-8,12H2. The highest BCUT2D eigenvalue weighted by molar-refractivity contribution is 5.93. The number of aromatic hydroxyl groups is 1. The number of phenols is 1. The molecule has 1 amide bonds. The van der Waals surface area contributed by atoms with Crippen LogP contribution < -0.4 is 0 Å². The topological polar surface area (TPSA) is 56.9 Å². The van der Waals surface area contributed by atoms with E-state index < -0.39 is 0 Å². The molecule has 2 aromatic rings. The Kier molecular flexibility index (Phi) is 4.02. The second kappa shape index (κ2) is 6.32. The first-order valence-corrected chi connectivity index (χ1v) is 8.58. The Morgan fingerprint density at radius 1 is 1.12 bits per heavy atom. The van der Waals surface area contributed by atoms with Crippen LogP contribution in [0.4, 0.5) is 0 Å². The highest BCUT2D eigenvalue weighted by atomic mass is 16.3. The van der Waals surface area contributed by atoms with Crippen molar-refractivity contribution in [2.45, 2.75) is 25.8 Å². The fourth-order valence-electron chi connectivity index (χ4n) is 3.71. The Labute approximate surface area is 141 Å². The van der Waals surface area contributed by atoms with Gasteiger partial charge in [-0.15, -0.1) is 0 Å². The van der Waals surface area contributed by atoms with Crippen LogP contribution in [0, 0.1) is 0 Å². The maximum Gasteiger partial charge on any atom is 0.257 e. The van der Waals surface area contributed by atoms with Gasteiger partial charge in [-0.05, 0) is 42.5 Å². The first-order chi connectivity index (χ1) is 11.7. The molecular weight excluding hydrogens is 304 g/mol. The minimum Gasteiger partial charge on any atom is -0.508 e. The number of carbonyl (C=O) groups excluding carboxylic acids is 1. The van der Waals surface area contributed by atoms with Gasteiger partial charge in [-0.2, -0.15) is 0 Å². The molecule has 0 radical (unpaired) electrons. The lowest BCUT2D eigenvalue weighted by atomic mass is 10.0. The predicted molar refractivity (Wildman–Crippen MR) is 90.0 cm³/mol. The number of phenolic OH excluding ortho intramolecular Hbond substituents is 1. The van der Waals surface area contributed by atoms with E-state index in [2.05, 4.69) is 11.0 Å². The Bertz CT molecular complexity index is 731. The van der Waals surface area contributed by atoms with Crippen molar-refractivity contribution in [3.05, 3.63) is 53.0 Å².